The Morgan fingerprint density at radius 3 is 2.50 bits per heavy atom. The van der Waals surface area contributed by atoms with Gasteiger partial charge in [-0.15, -0.1) is 0 Å². The van der Waals surface area contributed by atoms with Crippen LogP contribution in [0.25, 0.3) is 0 Å². The summed E-state index contributed by atoms with van der Waals surface area (Å²) in [7, 11) is 0. The van der Waals surface area contributed by atoms with Gasteiger partial charge in [-0.25, -0.2) is 0 Å². The summed E-state index contributed by atoms with van der Waals surface area (Å²) in [4.78, 5) is 11.8. The van der Waals surface area contributed by atoms with Crippen molar-refractivity contribution in [3.8, 4) is 5.75 Å². The number of carbonyl (C=O) groups is 1. The average molecular weight is 290 g/mol. The van der Waals surface area contributed by atoms with Crippen molar-refractivity contribution < 1.29 is 9.53 Å². The van der Waals surface area contributed by atoms with Crippen LogP contribution in [0.2, 0.25) is 5.02 Å². The lowest BCUT2D eigenvalue weighted by Crippen LogP contribution is -2.20. The molecule has 0 aromatic heterocycles. The SMILES string of the molecule is Cc1ccc(NC(=O)COc2ccc(Cl)cc2)c(C)c1. The first-order valence-corrected chi connectivity index (χ1v) is 6.68. The van der Waals surface area contributed by atoms with Crippen molar-refractivity contribution in [2.75, 3.05) is 11.9 Å². The number of hydrogen-bond donors (Lipinski definition) is 1. The quantitative estimate of drug-likeness (QED) is 0.925. The van der Waals surface area contributed by atoms with E-state index in [0.717, 1.165) is 16.8 Å². The molecule has 104 valence electrons. The second-order valence-corrected chi connectivity index (χ2v) is 5.05. The lowest BCUT2D eigenvalue weighted by Gasteiger charge is -2.10. The molecule has 0 saturated heterocycles. The first kappa shape index (κ1) is 14.4. The second-order valence-electron chi connectivity index (χ2n) is 4.61. The number of halogens is 1. The standard InChI is InChI=1S/C16H16ClNO2/c1-11-3-8-15(12(2)9-11)18-16(19)10-20-14-6-4-13(17)5-7-14/h3-9H,10H2,1-2H3,(H,18,19). The number of carbonyl (C=O) groups excluding carboxylic acids is 1. The first-order valence-electron chi connectivity index (χ1n) is 6.30. The van der Waals surface area contributed by atoms with Crippen molar-refractivity contribution in [1.29, 1.82) is 0 Å². The summed E-state index contributed by atoms with van der Waals surface area (Å²) in [6.45, 7) is 3.94. The lowest BCUT2D eigenvalue weighted by molar-refractivity contribution is -0.118. The van der Waals surface area contributed by atoms with Crippen molar-refractivity contribution in [2.24, 2.45) is 0 Å². The van der Waals surface area contributed by atoms with Gasteiger partial charge in [-0.2, -0.15) is 0 Å². The predicted molar refractivity (Wildman–Crippen MR) is 81.5 cm³/mol. The Morgan fingerprint density at radius 2 is 1.85 bits per heavy atom. The van der Waals surface area contributed by atoms with Crippen LogP contribution in [0.3, 0.4) is 0 Å². The number of nitrogens with one attached hydrogen (secondary N) is 1. The maximum absolute atomic E-state index is 11.8. The maximum atomic E-state index is 11.8. The molecule has 0 aliphatic carbocycles. The molecule has 3 nitrogen and oxygen atoms in total. The molecular formula is C16H16ClNO2. The summed E-state index contributed by atoms with van der Waals surface area (Å²) in [6.07, 6.45) is 0. The zero-order valence-corrected chi connectivity index (χ0v) is 12.2. The third-order valence-corrected chi connectivity index (χ3v) is 3.09. The number of anilines is 1. The molecule has 0 aliphatic heterocycles. The van der Waals surface area contributed by atoms with E-state index in [0.29, 0.717) is 10.8 Å². The van der Waals surface area contributed by atoms with Crippen LogP contribution < -0.4 is 10.1 Å². The normalized spacial score (nSPS) is 10.2. The number of amides is 1. The van der Waals surface area contributed by atoms with E-state index < -0.39 is 0 Å². The van der Waals surface area contributed by atoms with Gasteiger partial charge in [0.15, 0.2) is 6.61 Å². The number of rotatable bonds is 4. The van der Waals surface area contributed by atoms with Crippen LogP contribution in [0.4, 0.5) is 5.69 Å². The number of ether oxygens (including phenoxy) is 1. The zero-order chi connectivity index (χ0) is 14.5. The molecule has 2 rings (SSSR count). The van der Waals surface area contributed by atoms with Crippen LogP contribution in [0.5, 0.6) is 5.75 Å². The summed E-state index contributed by atoms with van der Waals surface area (Å²) >= 11 is 5.78. The molecule has 20 heavy (non-hydrogen) atoms. The highest BCUT2D eigenvalue weighted by atomic mass is 35.5. The minimum atomic E-state index is -0.188. The van der Waals surface area contributed by atoms with E-state index in [1.165, 1.54) is 0 Å². The van der Waals surface area contributed by atoms with Gasteiger partial charge in [0.25, 0.3) is 5.91 Å². The molecule has 0 saturated carbocycles. The highest BCUT2D eigenvalue weighted by Crippen LogP contribution is 2.17. The highest BCUT2D eigenvalue weighted by molar-refractivity contribution is 6.30. The van der Waals surface area contributed by atoms with Gasteiger partial charge in [0.2, 0.25) is 0 Å². The van der Waals surface area contributed by atoms with E-state index in [1.807, 2.05) is 32.0 Å². The molecule has 0 spiro atoms. The van der Waals surface area contributed by atoms with Crippen molar-refractivity contribution in [3.63, 3.8) is 0 Å². The van der Waals surface area contributed by atoms with Gasteiger partial charge in [0.1, 0.15) is 5.75 Å². The van der Waals surface area contributed by atoms with E-state index >= 15 is 0 Å². The Morgan fingerprint density at radius 1 is 1.15 bits per heavy atom. The van der Waals surface area contributed by atoms with Gasteiger partial charge in [-0.3, -0.25) is 4.79 Å². The number of benzene rings is 2. The molecule has 0 unspecified atom stereocenters. The van der Waals surface area contributed by atoms with Crippen molar-refractivity contribution in [2.45, 2.75) is 13.8 Å². The number of aryl methyl sites for hydroxylation is 2. The zero-order valence-electron chi connectivity index (χ0n) is 11.4. The number of hydrogen-bond acceptors (Lipinski definition) is 2. The molecule has 0 heterocycles. The summed E-state index contributed by atoms with van der Waals surface area (Å²) in [6, 6.07) is 12.8. The Kier molecular flexibility index (Phi) is 4.64. The van der Waals surface area contributed by atoms with Crippen molar-refractivity contribution in [3.05, 3.63) is 58.6 Å². The molecule has 1 N–H and O–H groups in total. The fourth-order valence-corrected chi connectivity index (χ4v) is 1.95. The largest absolute Gasteiger partial charge is 0.484 e. The Labute approximate surface area is 123 Å². The summed E-state index contributed by atoms with van der Waals surface area (Å²) < 4.78 is 5.39. The molecule has 4 heteroatoms. The fourth-order valence-electron chi connectivity index (χ4n) is 1.82. The molecule has 2 aromatic carbocycles. The highest BCUT2D eigenvalue weighted by Gasteiger charge is 2.06. The lowest BCUT2D eigenvalue weighted by atomic mass is 10.1. The van der Waals surface area contributed by atoms with Crippen LogP contribution in [-0.2, 0) is 4.79 Å². The monoisotopic (exact) mass is 289 g/mol. The summed E-state index contributed by atoms with van der Waals surface area (Å²) in [5.41, 5.74) is 3.00. The topological polar surface area (TPSA) is 38.3 Å². The molecular weight excluding hydrogens is 274 g/mol. The van der Waals surface area contributed by atoms with E-state index in [4.69, 9.17) is 16.3 Å². The molecule has 0 atom stereocenters. The van der Waals surface area contributed by atoms with E-state index in [-0.39, 0.29) is 12.5 Å². The predicted octanol–water partition coefficient (Wildman–Crippen LogP) is 3.97. The van der Waals surface area contributed by atoms with Crippen LogP contribution in [0.1, 0.15) is 11.1 Å². The van der Waals surface area contributed by atoms with Gasteiger partial charge in [0, 0.05) is 10.7 Å². The van der Waals surface area contributed by atoms with Gasteiger partial charge in [-0.1, -0.05) is 29.3 Å². The van der Waals surface area contributed by atoms with Gasteiger partial charge in [0.05, 0.1) is 0 Å². The second kappa shape index (κ2) is 6.44. The van der Waals surface area contributed by atoms with Crippen molar-refractivity contribution in [1.82, 2.24) is 0 Å². The molecule has 0 radical (unpaired) electrons. The Balaban J connectivity index is 1.90. The molecule has 2 aromatic rings. The smallest absolute Gasteiger partial charge is 0.262 e. The maximum Gasteiger partial charge on any atom is 0.262 e. The summed E-state index contributed by atoms with van der Waals surface area (Å²) in [5, 5.41) is 3.47. The molecule has 0 fully saturated rings. The summed E-state index contributed by atoms with van der Waals surface area (Å²) in [5.74, 6) is 0.428. The van der Waals surface area contributed by atoms with Crippen LogP contribution >= 0.6 is 11.6 Å². The third kappa shape index (κ3) is 4.00. The first-order chi connectivity index (χ1) is 9.54. The minimum Gasteiger partial charge on any atom is -0.484 e. The molecule has 0 aliphatic rings. The van der Waals surface area contributed by atoms with Gasteiger partial charge >= 0.3 is 0 Å². The minimum absolute atomic E-state index is 0.0328. The van der Waals surface area contributed by atoms with Crippen LogP contribution in [0.15, 0.2) is 42.5 Å². The van der Waals surface area contributed by atoms with Crippen LogP contribution in [-0.4, -0.2) is 12.5 Å². The third-order valence-electron chi connectivity index (χ3n) is 2.84. The van der Waals surface area contributed by atoms with E-state index in [1.54, 1.807) is 24.3 Å². The average Bonchev–Trinajstić information content (AvgIpc) is 2.41. The van der Waals surface area contributed by atoms with Gasteiger partial charge in [-0.05, 0) is 49.7 Å². The fraction of sp³-hybridized carbons (Fsp3) is 0.188. The Hall–Kier alpha value is -2.00. The van der Waals surface area contributed by atoms with Gasteiger partial charge < -0.3 is 10.1 Å². The molecule has 1 amide bonds. The molecule has 0 bridgehead atoms. The Bertz CT molecular complexity index is 608. The van der Waals surface area contributed by atoms with Crippen molar-refractivity contribution >= 4 is 23.2 Å². The van der Waals surface area contributed by atoms with E-state index in [9.17, 15) is 4.79 Å². The van der Waals surface area contributed by atoms with Crippen LogP contribution in [0, 0.1) is 13.8 Å². The van der Waals surface area contributed by atoms with E-state index in [2.05, 4.69) is 5.32 Å².